The van der Waals surface area contributed by atoms with Gasteiger partial charge in [-0.15, -0.1) is 0 Å². The number of nitrogens with zero attached hydrogens (tertiary/aromatic N) is 2. The largest absolute Gasteiger partial charge is 0.416 e. The van der Waals surface area contributed by atoms with Crippen LogP contribution in [0, 0.1) is 0 Å². The molecule has 0 atom stereocenters. The molecule has 0 radical (unpaired) electrons. The van der Waals surface area contributed by atoms with Gasteiger partial charge in [-0.3, -0.25) is 9.59 Å². The summed E-state index contributed by atoms with van der Waals surface area (Å²) in [5.41, 5.74) is -0.725. The van der Waals surface area contributed by atoms with Crippen LogP contribution in [0.1, 0.15) is 41.5 Å². The van der Waals surface area contributed by atoms with Crippen molar-refractivity contribution >= 4 is 16.7 Å². The van der Waals surface area contributed by atoms with Gasteiger partial charge >= 0.3 is 6.18 Å². The molecule has 1 amide bonds. The van der Waals surface area contributed by atoms with Crippen molar-refractivity contribution in [1.82, 2.24) is 15.1 Å². The molecule has 28 heavy (non-hydrogen) atoms. The third-order valence-electron chi connectivity index (χ3n) is 4.24. The summed E-state index contributed by atoms with van der Waals surface area (Å²) in [6.45, 7) is 3.44. The fourth-order valence-electron chi connectivity index (χ4n) is 2.85. The summed E-state index contributed by atoms with van der Waals surface area (Å²) >= 11 is 0. The molecular weight excluding hydrogens is 371 g/mol. The van der Waals surface area contributed by atoms with E-state index in [0.29, 0.717) is 16.3 Å². The topological polar surface area (TPSA) is 64.0 Å². The third kappa shape index (κ3) is 3.90. The first-order valence-electron chi connectivity index (χ1n) is 8.64. The zero-order valence-corrected chi connectivity index (χ0v) is 15.2. The highest BCUT2D eigenvalue weighted by atomic mass is 19.4. The Bertz CT molecular complexity index is 1090. The van der Waals surface area contributed by atoms with E-state index in [4.69, 9.17) is 0 Å². The summed E-state index contributed by atoms with van der Waals surface area (Å²) in [4.78, 5) is 25.2. The molecule has 1 N–H and O–H groups in total. The van der Waals surface area contributed by atoms with Gasteiger partial charge in [0.25, 0.3) is 11.5 Å². The Labute approximate surface area is 158 Å². The molecule has 8 heteroatoms. The van der Waals surface area contributed by atoms with Gasteiger partial charge in [-0.05, 0) is 37.6 Å². The van der Waals surface area contributed by atoms with Crippen LogP contribution < -0.4 is 10.9 Å². The van der Waals surface area contributed by atoms with Gasteiger partial charge < -0.3 is 5.32 Å². The van der Waals surface area contributed by atoms with E-state index in [9.17, 15) is 22.8 Å². The lowest BCUT2D eigenvalue weighted by Gasteiger charge is -2.14. The van der Waals surface area contributed by atoms with Crippen molar-refractivity contribution in [1.29, 1.82) is 0 Å². The average Bonchev–Trinajstić information content (AvgIpc) is 2.66. The number of carbonyl (C=O) groups is 1. The maximum atomic E-state index is 12.8. The number of carbonyl (C=O) groups excluding carboxylic acids is 1. The predicted octanol–water partition coefficient (Wildman–Crippen LogP) is 3.93. The molecule has 5 nitrogen and oxygen atoms in total. The van der Waals surface area contributed by atoms with E-state index < -0.39 is 17.6 Å². The molecule has 0 bridgehead atoms. The first-order valence-corrected chi connectivity index (χ1v) is 8.64. The molecule has 0 saturated heterocycles. The molecule has 3 aromatic rings. The molecule has 0 unspecified atom stereocenters. The lowest BCUT2D eigenvalue weighted by molar-refractivity contribution is -0.137. The maximum absolute atomic E-state index is 12.8. The highest BCUT2D eigenvalue weighted by molar-refractivity contribution is 6.04. The van der Waals surface area contributed by atoms with E-state index in [1.807, 2.05) is 0 Å². The number of nitrogens with one attached hydrogen (secondary N) is 1. The van der Waals surface area contributed by atoms with Crippen molar-refractivity contribution in [3.05, 3.63) is 75.7 Å². The van der Waals surface area contributed by atoms with Crippen LogP contribution in [0.3, 0.4) is 0 Å². The van der Waals surface area contributed by atoms with Gasteiger partial charge in [-0.1, -0.05) is 30.3 Å². The van der Waals surface area contributed by atoms with E-state index in [1.165, 1.54) is 16.8 Å². The van der Waals surface area contributed by atoms with Crippen molar-refractivity contribution < 1.29 is 18.0 Å². The molecule has 2 aromatic carbocycles. The zero-order valence-electron chi connectivity index (χ0n) is 15.2. The first-order chi connectivity index (χ1) is 13.2. The van der Waals surface area contributed by atoms with Gasteiger partial charge in [0.15, 0.2) is 5.69 Å². The normalized spacial score (nSPS) is 11.8. The van der Waals surface area contributed by atoms with Crippen LogP contribution in [0.5, 0.6) is 0 Å². The Morgan fingerprint density at radius 2 is 1.79 bits per heavy atom. The Morgan fingerprint density at radius 1 is 1.11 bits per heavy atom. The van der Waals surface area contributed by atoms with Gasteiger partial charge in [-0.2, -0.15) is 18.3 Å². The average molecular weight is 389 g/mol. The second-order valence-electron chi connectivity index (χ2n) is 6.62. The van der Waals surface area contributed by atoms with Gasteiger partial charge in [0, 0.05) is 11.9 Å². The number of amides is 1. The quantitative estimate of drug-likeness (QED) is 0.736. The monoisotopic (exact) mass is 389 g/mol. The lowest BCUT2D eigenvalue weighted by atomic mass is 10.1. The molecule has 1 aromatic heterocycles. The second kappa shape index (κ2) is 7.46. The van der Waals surface area contributed by atoms with Crippen LogP contribution in [0.25, 0.3) is 10.8 Å². The summed E-state index contributed by atoms with van der Waals surface area (Å²) in [6.07, 6.45) is -4.45. The van der Waals surface area contributed by atoms with Crippen LogP contribution in [0.4, 0.5) is 13.2 Å². The molecule has 3 rings (SSSR count). The number of hydrogen-bond donors (Lipinski definition) is 1. The Morgan fingerprint density at radius 3 is 2.43 bits per heavy atom. The van der Waals surface area contributed by atoms with Crippen LogP contribution in [0.15, 0.2) is 53.3 Å². The van der Waals surface area contributed by atoms with Crippen LogP contribution in [-0.2, 0) is 12.7 Å². The number of aromatic nitrogens is 2. The van der Waals surface area contributed by atoms with Gasteiger partial charge in [-0.25, -0.2) is 4.68 Å². The Kier molecular flexibility index (Phi) is 5.22. The van der Waals surface area contributed by atoms with Gasteiger partial charge in [0.1, 0.15) is 0 Å². The molecule has 0 saturated carbocycles. The van der Waals surface area contributed by atoms with Crippen LogP contribution in [-0.4, -0.2) is 15.7 Å². The highest BCUT2D eigenvalue weighted by Gasteiger charge is 2.30. The number of halogens is 3. The first kappa shape index (κ1) is 19.6. The van der Waals surface area contributed by atoms with E-state index in [1.54, 1.807) is 38.1 Å². The molecule has 0 spiro atoms. The molecule has 1 heterocycles. The molecular formula is C20H18F3N3O2. The van der Waals surface area contributed by atoms with E-state index in [2.05, 4.69) is 10.4 Å². The number of hydrogen-bond acceptors (Lipinski definition) is 3. The Balaban J connectivity index is 1.92. The predicted molar refractivity (Wildman–Crippen MR) is 99.0 cm³/mol. The molecule has 0 aliphatic carbocycles. The second-order valence-corrected chi connectivity index (χ2v) is 6.62. The lowest BCUT2D eigenvalue weighted by Crippen LogP contribution is -2.31. The van der Waals surface area contributed by atoms with Crippen LogP contribution in [0.2, 0.25) is 0 Å². The van der Waals surface area contributed by atoms with Gasteiger partial charge in [0.05, 0.1) is 17.0 Å². The summed E-state index contributed by atoms with van der Waals surface area (Å²) in [7, 11) is 0. The van der Waals surface area contributed by atoms with Crippen molar-refractivity contribution in [2.75, 3.05) is 0 Å². The van der Waals surface area contributed by atoms with Crippen LogP contribution >= 0.6 is 0 Å². The number of alkyl halides is 3. The number of benzene rings is 2. The minimum atomic E-state index is -4.45. The minimum Gasteiger partial charge on any atom is -0.347 e. The van der Waals surface area contributed by atoms with Crippen molar-refractivity contribution in [3.8, 4) is 0 Å². The molecule has 0 aliphatic heterocycles. The smallest absolute Gasteiger partial charge is 0.347 e. The standard InChI is InChI=1S/C20H18F3N3O2/c1-12(2)26-19(28)16-9-4-3-8-15(16)17(25-26)18(27)24-11-13-6-5-7-14(10-13)20(21,22)23/h3-10,12H,11H2,1-2H3,(H,24,27). The number of fused-ring (bicyclic) bond motifs is 1. The summed E-state index contributed by atoms with van der Waals surface area (Å²) in [5, 5.41) is 7.52. The fourth-order valence-corrected chi connectivity index (χ4v) is 2.85. The molecule has 0 aliphatic rings. The highest BCUT2D eigenvalue weighted by Crippen LogP contribution is 2.29. The summed E-state index contributed by atoms with van der Waals surface area (Å²) < 4.78 is 39.7. The van der Waals surface area contributed by atoms with Crippen molar-refractivity contribution in [3.63, 3.8) is 0 Å². The fraction of sp³-hybridized carbons (Fsp3) is 0.250. The summed E-state index contributed by atoms with van der Waals surface area (Å²) in [5.74, 6) is -0.567. The summed E-state index contributed by atoms with van der Waals surface area (Å²) in [6, 6.07) is 11.1. The zero-order chi connectivity index (χ0) is 20.5. The SMILES string of the molecule is CC(C)n1nc(C(=O)NCc2cccc(C(F)(F)F)c2)c2ccccc2c1=O. The third-order valence-corrected chi connectivity index (χ3v) is 4.24. The van der Waals surface area contributed by atoms with E-state index in [0.717, 1.165) is 12.1 Å². The number of rotatable bonds is 4. The minimum absolute atomic E-state index is 0.0517. The maximum Gasteiger partial charge on any atom is 0.416 e. The molecule has 146 valence electrons. The Hall–Kier alpha value is -3.16. The van der Waals surface area contributed by atoms with Crippen molar-refractivity contribution in [2.45, 2.75) is 32.6 Å². The van der Waals surface area contributed by atoms with E-state index >= 15 is 0 Å². The van der Waals surface area contributed by atoms with E-state index in [-0.39, 0.29) is 23.8 Å². The van der Waals surface area contributed by atoms with Crippen molar-refractivity contribution in [2.24, 2.45) is 0 Å². The van der Waals surface area contributed by atoms with Gasteiger partial charge in [0.2, 0.25) is 0 Å². The molecule has 0 fully saturated rings.